The van der Waals surface area contributed by atoms with Crippen LogP contribution in [0.15, 0.2) is 29.1 Å². The zero-order valence-electron chi connectivity index (χ0n) is 11.1. The molecule has 4 rings (SSSR count). The molecule has 3 heteroatoms. The number of para-hydroxylation sites is 1. The van der Waals surface area contributed by atoms with E-state index in [1.807, 2.05) is 25.2 Å². The molecule has 1 aromatic heterocycles. The van der Waals surface area contributed by atoms with Crippen molar-refractivity contribution in [3.8, 4) is 5.75 Å². The van der Waals surface area contributed by atoms with Crippen LogP contribution in [0.1, 0.15) is 37.2 Å². The van der Waals surface area contributed by atoms with Crippen LogP contribution in [-0.2, 0) is 7.05 Å². The fourth-order valence-corrected chi connectivity index (χ4v) is 3.66. The van der Waals surface area contributed by atoms with Gasteiger partial charge in [-0.3, -0.25) is 4.79 Å². The van der Waals surface area contributed by atoms with E-state index in [2.05, 4.69) is 6.07 Å². The second-order valence-corrected chi connectivity index (χ2v) is 5.73. The Bertz CT molecular complexity index is 716. The number of pyridine rings is 1. The van der Waals surface area contributed by atoms with Gasteiger partial charge in [-0.1, -0.05) is 12.1 Å². The molecule has 1 fully saturated rings. The molecular formula is C16H17NO2. The summed E-state index contributed by atoms with van der Waals surface area (Å²) >= 11 is 0. The molecule has 1 aliphatic carbocycles. The standard InChI is InChI=1S/C16H17NO2/c1-17-13-8-3-2-7-12(13)15-14(16(17)18)10-5-4-6-11(9-10)19-15/h2-3,7-8,10-11H,4-6,9H2,1H3/t10-,11+/m0/s1. The largest absolute Gasteiger partial charge is 0.489 e. The zero-order valence-corrected chi connectivity index (χ0v) is 11.1. The van der Waals surface area contributed by atoms with Gasteiger partial charge in [-0.15, -0.1) is 0 Å². The van der Waals surface area contributed by atoms with Crippen LogP contribution in [0.3, 0.4) is 0 Å². The van der Waals surface area contributed by atoms with Gasteiger partial charge in [0, 0.05) is 12.4 Å². The van der Waals surface area contributed by atoms with Gasteiger partial charge >= 0.3 is 0 Å². The van der Waals surface area contributed by atoms with Crippen molar-refractivity contribution in [3.63, 3.8) is 0 Å². The van der Waals surface area contributed by atoms with E-state index < -0.39 is 0 Å². The number of fused-ring (bicyclic) bond motifs is 6. The van der Waals surface area contributed by atoms with Crippen LogP contribution in [0, 0.1) is 0 Å². The number of nitrogens with zero attached hydrogens (tertiary/aromatic N) is 1. The molecule has 2 heterocycles. The third kappa shape index (κ3) is 1.47. The Kier molecular flexibility index (Phi) is 2.25. The molecular weight excluding hydrogens is 238 g/mol. The average Bonchev–Trinajstić information content (AvgIpc) is 2.44. The van der Waals surface area contributed by atoms with Crippen LogP contribution in [0.2, 0.25) is 0 Å². The minimum absolute atomic E-state index is 0.124. The number of ether oxygens (including phenoxy) is 1. The third-order valence-electron chi connectivity index (χ3n) is 4.61. The molecule has 19 heavy (non-hydrogen) atoms. The molecule has 0 N–H and O–H groups in total. The minimum Gasteiger partial charge on any atom is -0.489 e. The Morgan fingerprint density at radius 1 is 1.26 bits per heavy atom. The molecule has 1 aliphatic heterocycles. The maximum absolute atomic E-state index is 12.6. The van der Waals surface area contributed by atoms with Crippen molar-refractivity contribution in [2.24, 2.45) is 7.05 Å². The molecule has 3 nitrogen and oxygen atoms in total. The van der Waals surface area contributed by atoms with E-state index in [4.69, 9.17) is 4.74 Å². The highest BCUT2D eigenvalue weighted by molar-refractivity contribution is 5.87. The van der Waals surface area contributed by atoms with Crippen molar-refractivity contribution in [3.05, 3.63) is 40.2 Å². The van der Waals surface area contributed by atoms with Crippen LogP contribution < -0.4 is 10.3 Å². The Balaban J connectivity index is 2.11. The van der Waals surface area contributed by atoms with Crippen molar-refractivity contribution in [1.29, 1.82) is 0 Å². The van der Waals surface area contributed by atoms with Crippen molar-refractivity contribution in [1.82, 2.24) is 4.57 Å². The minimum atomic E-state index is 0.124. The molecule has 98 valence electrons. The molecule has 0 spiro atoms. The van der Waals surface area contributed by atoms with Crippen LogP contribution >= 0.6 is 0 Å². The van der Waals surface area contributed by atoms with Gasteiger partial charge in [-0.05, 0) is 43.7 Å². The van der Waals surface area contributed by atoms with Crippen molar-refractivity contribution in [2.75, 3.05) is 0 Å². The molecule has 0 saturated heterocycles. The molecule has 2 aromatic rings. The van der Waals surface area contributed by atoms with Gasteiger partial charge in [0.25, 0.3) is 5.56 Å². The van der Waals surface area contributed by atoms with Crippen LogP contribution in [0.5, 0.6) is 5.75 Å². The lowest BCUT2D eigenvalue weighted by Crippen LogP contribution is -2.35. The lowest BCUT2D eigenvalue weighted by Gasteiger charge is -2.36. The lowest BCUT2D eigenvalue weighted by molar-refractivity contribution is 0.120. The first-order chi connectivity index (χ1) is 9.25. The molecule has 0 radical (unpaired) electrons. The maximum Gasteiger partial charge on any atom is 0.258 e. The number of benzene rings is 1. The van der Waals surface area contributed by atoms with Gasteiger partial charge in [0.05, 0.1) is 17.2 Å². The molecule has 2 aliphatic rings. The second kappa shape index (κ2) is 3.86. The van der Waals surface area contributed by atoms with E-state index in [-0.39, 0.29) is 5.56 Å². The Hall–Kier alpha value is -1.77. The average molecular weight is 255 g/mol. The van der Waals surface area contributed by atoms with E-state index in [1.165, 1.54) is 6.42 Å². The first-order valence-electron chi connectivity index (χ1n) is 7.04. The van der Waals surface area contributed by atoms with Gasteiger partial charge in [0.1, 0.15) is 5.75 Å². The SMILES string of the molecule is Cn1c(=O)c2c(c3ccccc31)O[C@@H]1CCC[C@H]2C1. The maximum atomic E-state index is 12.6. The molecule has 2 atom stereocenters. The van der Waals surface area contributed by atoms with Gasteiger partial charge in [-0.2, -0.15) is 0 Å². The van der Waals surface area contributed by atoms with E-state index in [1.54, 1.807) is 4.57 Å². The van der Waals surface area contributed by atoms with Crippen LogP contribution in [-0.4, -0.2) is 10.7 Å². The summed E-state index contributed by atoms with van der Waals surface area (Å²) in [4.78, 5) is 12.6. The first-order valence-corrected chi connectivity index (χ1v) is 7.04. The summed E-state index contributed by atoms with van der Waals surface area (Å²) < 4.78 is 7.91. The highest BCUT2D eigenvalue weighted by Gasteiger charge is 2.35. The van der Waals surface area contributed by atoms with Crippen molar-refractivity contribution < 1.29 is 4.74 Å². The highest BCUT2D eigenvalue weighted by Crippen LogP contribution is 2.44. The molecule has 2 bridgehead atoms. The Morgan fingerprint density at radius 3 is 3.00 bits per heavy atom. The topological polar surface area (TPSA) is 31.2 Å². The predicted octanol–water partition coefficient (Wildman–Crippen LogP) is 2.96. The van der Waals surface area contributed by atoms with Crippen LogP contribution in [0.25, 0.3) is 10.9 Å². The molecule has 0 amide bonds. The summed E-state index contributed by atoms with van der Waals surface area (Å²) in [6, 6.07) is 8.04. The summed E-state index contributed by atoms with van der Waals surface area (Å²) in [5.41, 5.74) is 2.00. The van der Waals surface area contributed by atoms with Gasteiger partial charge in [0.2, 0.25) is 0 Å². The predicted molar refractivity (Wildman–Crippen MR) is 74.8 cm³/mol. The number of aryl methyl sites for hydroxylation is 1. The zero-order chi connectivity index (χ0) is 13.0. The summed E-state index contributed by atoms with van der Waals surface area (Å²) in [6.45, 7) is 0. The number of hydrogen-bond donors (Lipinski definition) is 0. The summed E-state index contributed by atoms with van der Waals surface area (Å²) in [7, 11) is 1.86. The second-order valence-electron chi connectivity index (χ2n) is 5.73. The first kappa shape index (κ1) is 11.1. The van der Waals surface area contributed by atoms with E-state index in [9.17, 15) is 4.79 Å². The summed E-state index contributed by atoms with van der Waals surface area (Å²) in [5, 5.41) is 1.08. The molecule has 1 saturated carbocycles. The number of rotatable bonds is 0. The fraction of sp³-hybridized carbons (Fsp3) is 0.438. The highest BCUT2D eigenvalue weighted by atomic mass is 16.5. The van der Waals surface area contributed by atoms with Gasteiger partial charge < -0.3 is 9.30 Å². The molecule has 1 aromatic carbocycles. The van der Waals surface area contributed by atoms with E-state index in [0.29, 0.717) is 12.0 Å². The van der Waals surface area contributed by atoms with E-state index >= 15 is 0 Å². The van der Waals surface area contributed by atoms with Crippen molar-refractivity contribution >= 4 is 10.9 Å². The third-order valence-corrected chi connectivity index (χ3v) is 4.61. The summed E-state index contributed by atoms with van der Waals surface area (Å²) in [6.07, 6.45) is 4.74. The van der Waals surface area contributed by atoms with Gasteiger partial charge in [0.15, 0.2) is 0 Å². The Morgan fingerprint density at radius 2 is 2.11 bits per heavy atom. The van der Waals surface area contributed by atoms with E-state index in [0.717, 1.165) is 41.5 Å². The smallest absolute Gasteiger partial charge is 0.258 e. The quantitative estimate of drug-likeness (QED) is 0.724. The monoisotopic (exact) mass is 255 g/mol. The summed E-state index contributed by atoms with van der Waals surface area (Å²) in [5.74, 6) is 1.26. The molecule has 0 unspecified atom stereocenters. The van der Waals surface area contributed by atoms with Gasteiger partial charge in [-0.25, -0.2) is 0 Å². The number of hydrogen-bond acceptors (Lipinski definition) is 2. The van der Waals surface area contributed by atoms with Crippen molar-refractivity contribution in [2.45, 2.75) is 37.7 Å². The number of aromatic nitrogens is 1. The Labute approximate surface area is 111 Å². The lowest BCUT2D eigenvalue weighted by atomic mass is 9.80. The fourth-order valence-electron chi connectivity index (χ4n) is 3.66. The van der Waals surface area contributed by atoms with Crippen LogP contribution in [0.4, 0.5) is 0 Å². The normalized spacial score (nSPS) is 24.9.